The molecule has 76 valence electrons. The zero-order valence-electron chi connectivity index (χ0n) is 6.41. The Morgan fingerprint density at radius 3 is 2.29 bits per heavy atom. The number of nitriles is 1. The highest BCUT2D eigenvalue weighted by molar-refractivity contribution is 5.73. The van der Waals surface area contributed by atoms with Gasteiger partial charge >= 0.3 is 12.1 Å². The molecule has 14 heavy (non-hydrogen) atoms. The molecule has 1 heterocycles. The van der Waals surface area contributed by atoms with E-state index < -0.39 is 12.1 Å². The maximum Gasteiger partial charge on any atom is 0.490 e. The van der Waals surface area contributed by atoms with Gasteiger partial charge in [-0.15, -0.1) is 5.10 Å². The largest absolute Gasteiger partial charge is 0.490 e. The summed E-state index contributed by atoms with van der Waals surface area (Å²) in [5.74, 6) is -2.76. The number of aliphatic carboxylic acids is 1. The first-order valence-electron chi connectivity index (χ1n) is 2.94. The molecule has 1 rings (SSSR count). The van der Waals surface area contributed by atoms with E-state index in [1.165, 1.54) is 6.20 Å². The molecule has 0 spiro atoms. The Morgan fingerprint density at radius 2 is 2.14 bits per heavy atom. The van der Waals surface area contributed by atoms with Crippen molar-refractivity contribution >= 4 is 5.97 Å². The molecular formula is C5H3F3N4O2. The second-order valence-electron chi connectivity index (χ2n) is 1.77. The van der Waals surface area contributed by atoms with E-state index in [0.717, 1.165) is 0 Å². The number of nitrogens with one attached hydrogen (secondary N) is 1. The van der Waals surface area contributed by atoms with Gasteiger partial charge in [0.2, 0.25) is 0 Å². The van der Waals surface area contributed by atoms with Gasteiger partial charge in [-0.05, 0) is 0 Å². The van der Waals surface area contributed by atoms with Gasteiger partial charge in [-0.3, -0.25) is 0 Å². The first kappa shape index (κ1) is 11.9. The van der Waals surface area contributed by atoms with Gasteiger partial charge in [-0.2, -0.15) is 28.7 Å². The van der Waals surface area contributed by atoms with Gasteiger partial charge in [-0.25, -0.2) is 4.79 Å². The summed E-state index contributed by atoms with van der Waals surface area (Å²) in [5, 5.41) is 24.3. The lowest BCUT2D eigenvalue weighted by atomic mass is 10.6. The van der Waals surface area contributed by atoms with E-state index in [4.69, 9.17) is 15.2 Å². The molecule has 0 aliphatic heterocycles. The lowest BCUT2D eigenvalue weighted by molar-refractivity contribution is -0.192. The monoisotopic (exact) mass is 208 g/mol. The molecule has 0 unspecified atom stereocenters. The van der Waals surface area contributed by atoms with E-state index in [1.54, 1.807) is 6.07 Å². The molecule has 0 radical (unpaired) electrons. The van der Waals surface area contributed by atoms with E-state index in [9.17, 15) is 13.2 Å². The number of carboxylic acids is 1. The zero-order valence-corrected chi connectivity index (χ0v) is 6.41. The minimum Gasteiger partial charge on any atom is -0.475 e. The average Bonchev–Trinajstić information content (AvgIpc) is 2.54. The van der Waals surface area contributed by atoms with Crippen LogP contribution in [0.25, 0.3) is 0 Å². The molecule has 0 aromatic carbocycles. The Morgan fingerprint density at radius 1 is 1.64 bits per heavy atom. The Labute approximate surface area is 75.0 Å². The zero-order chi connectivity index (χ0) is 11.2. The molecule has 1 aromatic rings. The van der Waals surface area contributed by atoms with Crippen LogP contribution in [-0.2, 0) is 4.79 Å². The second kappa shape index (κ2) is 4.80. The molecule has 6 nitrogen and oxygen atoms in total. The number of alkyl halides is 3. The van der Waals surface area contributed by atoms with E-state index in [-0.39, 0.29) is 0 Å². The highest BCUT2D eigenvalue weighted by atomic mass is 19.4. The number of rotatable bonds is 0. The van der Waals surface area contributed by atoms with Crippen LogP contribution in [0.3, 0.4) is 0 Å². The van der Waals surface area contributed by atoms with Crippen molar-refractivity contribution in [3.05, 3.63) is 11.9 Å². The maximum atomic E-state index is 10.6. The summed E-state index contributed by atoms with van der Waals surface area (Å²) in [4.78, 5) is 8.90. The maximum absolute atomic E-state index is 10.6. The fourth-order valence-corrected chi connectivity index (χ4v) is 0.255. The molecule has 0 amide bonds. The number of halogens is 3. The van der Waals surface area contributed by atoms with Gasteiger partial charge in [0.1, 0.15) is 6.07 Å². The summed E-state index contributed by atoms with van der Waals surface area (Å²) in [6, 6.07) is 1.80. The van der Waals surface area contributed by atoms with Crippen LogP contribution in [0.15, 0.2) is 6.20 Å². The van der Waals surface area contributed by atoms with Crippen LogP contribution >= 0.6 is 0 Å². The van der Waals surface area contributed by atoms with Crippen molar-refractivity contribution < 1.29 is 23.1 Å². The molecule has 0 aliphatic carbocycles. The SMILES string of the molecule is N#Cc1cn[nH]n1.O=C(O)C(F)(F)F. The Balaban J connectivity index is 0.000000241. The first-order chi connectivity index (χ1) is 6.38. The van der Waals surface area contributed by atoms with Gasteiger partial charge in [0, 0.05) is 0 Å². The normalized spacial score (nSPS) is 9.57. The number of aromatic amines is 1. The highest BCUT2D eigenvalue weighted by Gasteiger charge is 2.38. The lowest BCUT2D eigenvalue weighted by Crippen LogP contribution is -2.21. The summed E-state index contributed by atoms with van der Waals surface area (Å²) in [5.41, 5.74) is 0.319. The topological polar surface area (TPSA) is 103 Å². The van der Waals surface area contributed by atoms with Crippen LogP contribution in [0.4, 0.5) is 13.2 Å². The third-order valence-electron chi connectivity index (χ3n) is 0.772. The number of nitrogens with zero attached hydrogens (tertiary/aromatic N) is 3. The summed E-state index contributed by atoms with van der Waals surface area (Å²) < 4.78 is 31.7. The number of carboxylic acid groups (broad SMARTS) is 1. The van der Waals surface area contributed by atoms with Crippen molar-refractivity contribution in [2.75, 3.05) is 0 Å². The van der Waals surface area contributed by atoms with Crippen LogP contribution < -0.4 is 0 Å². The van der Waals surface area contributed by atoms with Crippen molar-refractivity contribution in [3.63, 3.8) is 0 Å². The Kier molecular flexibility index (Phi) is 4.08. The molecule has 0 saturated heterocycles. The van der Waals surface area contributed by atoms with Crippen molar-refractivity contribution in [1.82, 2.24) is 15.4 Å². The van der Waals surface area contributed by atoms with Gasteiger partial charge in [0.15, 0.2) is 5.69 Å². The van der Waals surface area contributed by atoms with Crippen LogP contribution in [0.2, 0.25) is 0 Å². The quantitative estimate of drug-likeness (QED) is 0.638. The molecule has 0 aliphatic rings. The highest BCUT2D eigenvalue weighted by Crippen LogP contribution is 2.13. The molecule has 0 bridgehead atoms. The third-order valence-corrected chi connectivity index (χ3v) is 0.772. The molecule has 1 aromatic heterocycles. The fourth-order valence-electron chi connectivity index (χ4n) is 0.255. The van der Waals surface area contributed by atoms with Crippen molar-refractivity contribution in [1.29, 1.82) is 5.26 Å². The summed E-state index contributed by atoms with van der Waals surface area (Å²) >= 11 is 0. The number of hydrogen-bond acceptors (Lipinski definition) is 4. The summed E-state index contributed by atoms with van der Waals surface area (Å²) in [6.07, 6.45) is -3.72. The van der Waals surface area contributed by atoms with E-state index in [0.29, 0.717) is 5.69 Å². The number of carbonyl (C=O) groups is 1. The first-order valence-corrected chi connectivity index (χ1v) is 2.94. The second-order valence-corrected chi connectivity index (χ2v) is 1.77. The van der Waals surface area contributed by atoms with Gasteiger partial charge in [-0.1, -0.05) is 0 Å². The lowest BCUT2D eigenvalue weighted by Gasteiger charge is -1.93. The van der Waals surface area contributed by atoms with E-state index in [2.05, 4.69) is 15.4 Å². The van der Waals surface area contributed by atoms with E-state index in [1.807, 2.05) is 0 Å². The van der Waals surface area contributed by atoms with Crippen molar-refractivity contribution in [2.45, 2.75) is 6.18 Å². The predicted molar refractivity (Wildman–Crippen MR) is 34.8 cm³/mol. The van der Waals surface area contributed by atoms with Gasteiger partial charge < -0.3 is 5.11 Å². The molecule has 0 fully saturated rings. The fraction of sp³-hybridized carbons (Fsp3) is 0.200. The Hall–Kier alpha value is -2.11. The number of H-pyrrole nitrogens is 1. The molecule has 0 atom stereocenters. The van der Waals surface area contributed by atoms with E-state index >= 15 is 0 Å². The average molecular weight is 208 g/mol. The predicted octanol–water partition coefficient (Wildman–Crippen LogP) is 0.310. The van der Waals surface area contributed by atoms with Crippen LogP contribution in [-0.4, -0.2) is 32.7 Å². The molecule has 2 N–H and O–H groups in total. The van der Waals surface area contributed by atoms with Crippen LogP contribution in [0.1, 0.15) is 5.69 Å². The van der Waals surface area contributed by atoms with Gasteiger partial charge in [0.05, 0.1) is 6.20 Å². The van der Waals surface area contributed by atoms with Crippen LogP contribution in [0, 0.1) is 11.3 Å². The third kappa shape index (κ3) is 4.70. The minimum atomic E-state index is -5.08. The van der Waals surface area contributed by atoms with Crippen molar-refractivity contribution in [2.24, 2.45) is 0 Å². The summed E-state index contributed by atoms with van der Waals surface area (Å²) in [7, 11) is 0. The Bertz CT molecular complexity index is 326. The molecule has 9 heteroatoms. The van der Waals surface area contributed by atoms with Crippen molar-refractivity contribution in [3.8, 4) is 6.07 Å². The number of hydrogen-bond donors (Lipinski definition) is 2. The summed E-state index contributed by atoms with van der Waals surface area (Å²) in [6.45, 7) is 0. The molecular weight excluding hydrogens is 205 g/mol. The molecule has 0 saturated carbocycles. The number of aromatic nitrogens is 3. The minimum absolute atomic E-state index is 0.319. The van der Waals surface area contributed by atoms with Crippen LogP contribution in [0.5, 0.6) is 0 Å². The standard InChI is InChI=1S/C3H2N4.C2HF3O2/c4-1-3-2-5-7-6-3;3-2(4,5)1(6)7/h2H,(H,5,6,7);(H,6,7). The van der Waals surface area contributed by atoms with Gasteiger partial charge in [0.25, 0.3) is 0 Å². The smallest absolute Gasteiger partial charge is 0.475 e.